The Labute approximate surface area is 172 Å². The molecule has 2 atom stereocenters. The van der Waals surface area contributed by atoms with Gasteiger partial charge in [0.1, 0.15) is 17.7 Å². The first-order chi connectivity index (χ1) is 14.5. The number of piperidine rings is 1. The Morgan fingerprint density at radius 2 is 1.90 bits per heavy atom. The van der Waals surface area contributed by atoms with Crippen LogP contribution in [0.25, 0.3) is 11.4 Å². The Hall–Kier alpha value is -3.42. The van der Waals surface area contributed by atoms with Gasteiger partial charge in [-0.25, -0.2) is 23.7 Å². The van der Waals surface area contributed by atoms with Crippen molar-refractivity contribution in [1.29, 1.82) is 0 Å². The first-order valence-electron chi connectivity index (χ1n) is 9.69. The van der Waals surface area contributed by atoms with E-state index >= 15 is 0 Å². The normalized spacial score (nSPS) is 18.8. The van der Waals surface area contributed by atoms with Crippen LogP contribution in [0.4, 0.5) is 8.78 Å². The largest absolute Gasteiger partial charge is 0.472 e. The van der Waals surface area contributed by atoms with Crippen molar-refractivity contribution in [2.45, 2.75) is 31.9 Å². The first kappa shape index (κ1) is 19.9. The number of rotatable bonds is 4. The third-order valence-electron chi connectivity index (χ3n) is 5.18. The molecule has 1 fully saturated rings. The molecule has 30 heavy (non-hydrogen) atoms. The molecule has 0 N–H and O–H groups in total. The maximum Gasteiger partial charge on any atom is 0.257 e. The van der Waals surface area contributed by atoms with Crippen LogP contribution in [0, 0.1) is 11.6 Å². The highest BCUT2D eigenvalue weighted by Crippen LogP contribution is 2.28. The molecule has 1 aliphatic heterocycles. The van der Waals surface area contributed by atoms with Crippen molar-refractivity contribution >= 4 is 5.91 Å². The van der Waals surface area contributed by atoms with Crippen molar-refractivity contribution in [2.24, 2.45) is 0 Å². The summed E-state index contributed by atoms with van der Waals surface area (Å²) in [7, 11) is 0. The van der Waals surface area contributed by atoms with Crippen molar-refractivity contribution in [3.05, 3.63) is 72.2 Å². The molecule has 1 aromatic carbocycles. The molecule has 154 valence electrons. The number of aromatic nitrogens is 3. The summed E-state index contributed by atoms with van der Waals surface area (Å²) < 4.78 is 33.8. The lowest BCUT2D eigenvalue weighted by Gasteiger charge is -2.39. The minimum absolute atomic E-state index is 0.0592. The second-order valence-electron chi connectivity index (χ2n) is 7.09. The molecule has 0 unspecified atom stereocenters. The number of amides is 1. The minimum Gasteiger partial charge on any atom is -0.472 e. The third kappa shape index (κ3) is 3.98. The van der Waals surface area contributed by atoms with Crippen LogP contribution >= 0.6 is 0 Å². The molecule has 2 aromatic heterocycles. The van der Waals surface area contributed by atoms with Gasteiger partial charge in [-0.3, -0.25) is 4.79 Å². The van der Waals surface area contributed by atoms with E-state index in [1.54, 1.807) is 29.4 Å². The Balaban J connectivity index is 1.61. The number of hydrogen-bond donors (Lipinski definition) is 0. The molecule has 8 heteroatoms. The highest BCUT2D eigenvalue weighted by Gasteiger charge is 2.35. The summed E-state index contributed by atoms with van der Waals surface area (Å²) in [5.74, 6) is -0.949. The standard InChI is InChI=1S/C22H20F2N4O2/c1-14-18(30-19-9-8-15(23)13-27-19)7-3-12-28(14)22(29)20-16(5-2-6-17(20)24)21-25-10-4-11-26-21/h2,4-6,8-11,13-14,18H,3,7,12H2,1H3/t14-,18+/m0/s1. The monoisotopic (exact) mass is 410 g/mol. The van der Waals surface area contributed by atoms with Gasteiger partial charge in [0.2, 0.25) is 5.88 Å². The number of benzene rings is 1. The topological polar surface area (TPSA) is 68.2 Å². The summed E-state index contributed by atoms with van der Waals surface area (Å²) in [6.45, 7) is 2.32. The minimum atomic E-state index is -0.625. The molecule has 4 rings (SSSR count). The lowest BCUT2D eigenvalue weighted by Crippen LogP contribution is -2.51. The number of hydrogen-bond acceptors (Lipinski definition) is 5. The number of pyridine rings is 1. The van der Waals surface area contributed by atoms with Crippen LogP contribution in [0.3, 0.4) is 0 Å². The fraction of sp³-hybridized carbons (Fsp3) is 0.273. The van der Waals surface area contributed by atoms with Gasteiger partial charge in [0.15, 0.2) is 5.82 Å². The maximum atomic E-state index is 14.8. The Morgan fingerprint density at radius 3 is 2.63 bits per heavy atom. The Morgan fingerprint density at radius 1 is 1.10 bits per heavy atom. The highest BCUT2D eigenvalue weighted by molar-refractivity contribution is 6.00. The zero-order valence-corrected chi connectivity index (χ0v) is 16.3. The molecule has 0 saturated carbocycles. The van der Waals surface area contributed by atoms with Crippen molar-refractivity contribution in [3.8, 4) is 17.3 Å². The second-order valence-corrected chi connectivity index (χ2v) is 7.09. The number of carbonyl (C=O) groups excluding carboxylic acids is 1. The van der Waals surface area contributed by atoms with E-state index < -0.39 is 17.5 Å². The molecule has 1 amide bonds. The number of halogens is 2. The third-order valence-corrected chi connectivity index (χ3v) is 5.18. The number of ether oxygens (including phenoxy) is 1. The van der Waals surface area contributed by atoms with E-state index in [2.05, 4.69) is 15.0 Å². The Bertz CT molecular complexity index is 1030. The van der Waals surface area contributed by atoms with E-state index in [1.165, 1.54) is 24.3 Å². The van der Waals surface area contributed by atoms with Gasteiger partial charge in [0.05, 0.1) is 17.8 Å². The summed E-state index contributed by atoms with van der Waals surface area (Å²) in [4.78, 5) is 27.2. The summed E-state index contributed by atoms with van der Waals surface area (Å²) in [6.07, 6.45) is 5.22. The molecule has 1 saturated heterocycles. The highest BCUT2D eigenvalue weighted by atomic mass is 19.1. The Kier molecular flexibility index (Phi) is 5.65. The molecule has 3 aromatic rings. The lowest BCUT2D eigenvalue weighted by molar-refractivity contribution is 0.0263. The summed E-state index contributed by atoms with van der Waals surface area (Å²) >= 11 is 0. The SMILES string of the molecule is C[C@H]1[C@H](Oc2ccc(F)cn2)CCCN1C(=O)c1c(F)cccc1-c1ncccn1. The van der Waals surface area contributed by atoms with Crippen LogP contribution in [0.1, 0.15) is 30.1 Å². The van der Waals surface area contributed by atoms with Gasteiger partial charge in [-0.2, -0.15) is 0 Å². The van der Waals surface area contributed by atoms with Gasteiger partial charge in [-0.15, -0.1) is 0 Å². The molecule has 3 heterocycles. The zero-order valence-electron chi connectivity index (χ0n) is 16.3. The van der Waals surface area contributed by atoms with E-state index in [1.807, 2.05) is 6.92 Å². The van der Waals surface area contributed by atoms with Gasteiger partial charge in [-0.05, 0) is 38.0 Å². The predicted molar refractivity (Wildman–Crippen MR) is 106 cm³/mol. The number of carbonyl (C=O) groups is 1. The second kappa shape index (κ2) is 8.52. The van der Waals surface area contributed by atoms with Crippen LogP contribution < -0.4 is 4.74 Å². The maximum absolute atomic E-state index is 14.8. The lowest BCUT2D eigenvalue weighted by atomic mass is 9.97. The fourth-order valence-corrected chi connectivity index (χ4v) is 3.65. The van der Waals surface area contributed by atoms with Crippen LogP contribution in [-0.4, -0.2) is 44.4 Å². The van der Waals surface area contributed by atoms with Crippen molar-refractivity contribution in [3.63, 3.8) is 0 Å². The zero-order chi connectivity index (χ0) is 21.1. The van der Waals surface area contributed by atoms with Crippen molar-refractivity contribution in [2.75, 3.05) is 6.54 Å². The molecular weight excluding hydrogens is 390 g/mol. The molecule has 6 nitrogen and oxygen atoms in total. The van der Waals surface area contributed by atoms with Crippen LogP contribution in [0.5, 0.6) is 5.88 Å². The van der Waals surface area contributed by atoms with Gasteiger partial charge >= 0.3 is 0 Å². The van der Waals surface area contributed by atoms with Crippen LogP contribution in [-0.2, 0) is 0 Å². The van der Waals surface area contributed by atoms with Gasteiger partial charge in [0, 0.05) is 30.6 Å². The fourth-order valence-electron chi connectivity index (χ4n) is 3.65. The average Bonchev–Trinajstić information content (AvgIpc) is 2.77. The molecule has 0 radical (unpaired) electrons. The smallest absolute Gasteiger partial charge is 0.257 e. The van der Waals surface area contributed by atoms with E-state index in [4.69, 9.17) is 4.74 Å². The van der Waals surface area contributed by atoms with E-state index in [9.17, 15) is 13.6 Å². The number of likely N-dealkylation sites (tertiary alicyclic amines) is 1. The summed E-state index contributed by atoms with van der Waals surface area (Å²) in [5, 5.41) is 0. The van der Waals surface area contributed by atoms with E-state index in [0.717, 1.165) is 6.20 Å². The van der Waals surface area contributed by atoms with Gasteiger partial charge < -0.3 is 9.64 Å². The van der Waals surface area contributed by atoms with E-state index in [-0.39, 0.29) is 29.4 Å². The molecule has 0 bridgehead atoms. The first-order valence-corrected chi connectivity index (χ1v) is 9.69. The molecule has 1 aliphatic rings. The summed E-state index contributed by atoms with van der Waals surface area (Å²) in [6, 6.07) is 8.46. The van der Waals surface area contributed by atoms with Crippen molar-refractivity contribution < 1.29 is 18.3 Å². The molecule has 0 spiro atoms. The predicted octanol–water partition coefficient (Wildman–Crippen LogP) is 3.89. The molecule has 0 aliphatic carbocycles. The van der Waals surface area contributed by atoms with Crippen molar-refractivity contribution in [1.82, 2.24) is 19.9 Å². The van der Waals surface area contributed by atoms with Gasteiger partial charge in [0.25, 0.3) is 5.91 Å². The van der Waals surface area contributed by atoms with Crippen LogP contribution in [0.15, 0.2) is 55.0 Å². The average molecular weight is 410 g/mol. The van der Waals surface area contributed by atoms with Gasteiger partial charge in [-0.1, -0.05) is 12.1 Å². The molecular formula is C22H20F2N4O2. The quantitative estimate of drug-likeness (QED) is 0.653. The van der Waals surface area contributed by atoms with E-state index in [0.29, 0.717) is 24.9 Å². The number of nitrogens with zero attached hydrogens (tertiary/aromatic N) is 4. The summed E-state index contributed by atoms with van der Waals surface area (Å²) in [5.41, 5.74) is 0.284. The van der Waals surface area contributed by atoms with Crippen LogP contribution in [0.2, 0.25) is 0 Å².